The SMILES string of the molecule is CO/C1=C/C(C)=C\[C@H](C)[C@H](O)[C@H](C)C/C(C)=C\C=C/[C@@H](OC)[C@@H]([C@H](C)[C@@H](O)[C@@H](C)[C@]2(O)C[C@@H](O)[C@H](C)C(C(C)C)O2)OC1=O. The number of rotatable bonds is 7. The number of hydrogen-bond acceptors (Lipinski definition) is 9. The first-order valence-corrected chi connectivity index (χ1v) is 15.9. The summed E-state index contributed by atoms with van der Waals surface area (Å²) >= 11 is 0. The quantitative estimate of drug-likeness (QED) is 0.298. The average molecular weight is 623 g/mol. The van der Waals surface area contributed by atoms with E-state index < -0.39 is 60.2 Å². The zero-order valence-electron chi connectivity index (χ0n) is 28.6. The van der Waals surface area contributed by atoms with Gasteiger partial charge in [-0.25, -0.2) is 4.79 Å². The largest absolute Gasteiger partial charge is 0.490 e. The van der Waals surface area contributed by atoms with Gasteiger partial charge in [0, 0.05) is 37.2 Å². The standard InChI is InChI=1S/C35H58O9/c1-19(2)32-24(7)27(36)18-35(40,44-32)26(9)31(38)25(8)33-28(41-10)14-12-13-20(3)15-22(5)30(37)23(6)16-21(4)17-29(42-11)34(39)43-33/h12-14,16-17,19,22-28,30-33,36-38,40H,15,18H2,1-11H3/b14-12-,20-13-,21-16-,29-17+/t22-,23+,24+,25-,26-,27-,28-,30-,31-,32?,33-,35+/m1/s1. The van der Waals surface area contributed by atoms with E-state index in [4.69, 9.17) is 18.9 Å². The van der Waals surface area contributed by atoms with Gasteiger partial charge in [0.2, 0.25) is 5.76 Å². The molecule has 0 amide bonds. The van der Waals surface area contributed by atoms with Crippen molar-refractivity contribution >= 4 is 5.97 Å². The Kier molecular flexibility index (Phi) is 14.3. The van der Waals surface area contributed by atoms with Crippen LogP contribution in [0, 0.1) is 35.5 Å². The third-order valence-electron chi connectivity index (χ3n) is 9.50. The Balaban J connectivity index is 2.52. The molecule has 2 rings (SSSR count). The van der Waals surface area contributed by atoms with Crippen LogP contribution in [-0.4, -0.2) is 83.0 Å². The summed E-state index contributed by atoms with van der Waals surface area (Å²) in [7, 11) is 2.87. The molecule has 252 valence electrons. The molecule has 0 aromatic rings. The smallest absolute Gasteiger partial charge is 0.373 e. The van der Waals surface area contributed by atoms with Crippen molar-refractivity contribution in [3.8, 4) is 0 Å². The Bertz CT molecular complexity index is 1060. The van der Waals surface area contributed by atoms with E-state index in [9.17, 15) is 25.2 Å². The maximum atomic E-state index is 13.5. The molecule has 4 N–H and O–H groups in total. The predicted molar refractivity (Wildman–Crippen MR) is 170 cm³/mol. The molecule has 9 heteroatoms. The number of carbonyl (C=O) groups is 1. The van der Waals surface area contributed by atoms with Crippen molar-refractivity contribution in [3.63, 3.8) is 0 Å². The van der Waals surface area contributed by atoms with Crippen LogP contribution in [0.2, 0.25) is 0 Å². The van der Waals surface area contributed by atoms with Gasteiger partial charge >= 0.3 is 5.97 Å². The first-order chi connectivity index (χ1) is 20.5. The molecule has 0 spiro atoms. The lowest BCUT2D eigenvalue weighted by Crippen LogP contribution is -2.59. The number of cyclic esters (lactones) is 1. The molecule has 9 nitrogen and oxygen atoms in total. The van der Waals surface area contributed by atoms with Gasteiger partial charge in [-0.1, -0.05) is 83.9 Å². The van der Waals surface area contributed by atoms with Gasteiger partial charge in [-0.05, 0) is 38.2 Å². The number of aliphatic hydroxyl groups is 4. The third kappa shape index (κ3) is 9.50. The van der Waals surface area contributed by atoms with Gasteiger partial charge in [-0.15, -0.1) is 0 Å². The van der Waals surface area contributed by atoms with Crippen molar-refractivity contribution in [2.24, 2.45) is 35.5 Å². The van der Waals surface area contributed by atoms with Gasteiger partial charge < -0.3 is 39.4 Å². The van der Waals surface area contributed by atoms with Crippen LogP contribution in [0.25, 0.3) is 0 Å². The molecule has 0 aliphatic carbocycles. The lowest BCUT2D eigenvalue weighted by Gasteiger charge is -2.49. The Labute approximate surface area is 264 Å². The van der Waals surface area contributed by atoms with Crippen molar-refractivity contribution in [3.05, 3.63) is 47.3 Å². The van der Waals surface area contributed by atoms with Crippen molar-refractivity contribution in [2.75, 3.05) is 14.2 Å². The van der Waals surface area contributed by atoms with Crippen molar-refractivity contribution in [1.29, 1.82) is 0 Å². The van der Waals surface area contributed by atoms with Crippen molar-refractivity contribution in [2.45, 2.75) is 118 Å². The maximum Gasteiger partial charge on any atom is 0.373 e. The van der Waals surface area contributed by atoms with E-state index in [1.165, 1.54) is 14.2 Å². The van der Waals surface area contributed by atoms with E-state index in [-0.39, 0.29) is 35.9 Å². The molecule has 2 aliphatic rings. The molecule has 0 aromatic carbocycles. The van der Waals surface area contributed by atoms with Crippen LogP contribution in [-0.2, 0) is 23.7 Å². The molecule has 1 unspecified atom stereocenters. The third-order valence-corrected chi connectivity index (χ3v) is 9.50. The van der Waals surface area contributed by atoms with Gasteiger partial charge in [0.05, 0.1) is 31.5 Å². The van der Waals surface area contributed by atoms with E-state index in [0.717, 1.165) is 11.1 Å². The average Bonchev–Trinajstić information content (AvgIpc) is 2.96. The summed E-state index contributed by atoms with van der Waals surface area (Å²) in [5.74, 6) is -4.49. The van der Waals surface area contributed by atoms with Crippen LogP contribution in [0.1, 0.15) is 75.2 Å². The molecular formula is C35H58O9. The predicted octanol–water partition coefficient (Wildman–Crippen LogP) is 4.69. The summed E-state index contributed by atoms with van der Waals surface area (Å²) in [5.41, 5.74) is 1.78. The number of allylic oxidation sites excluding steroid dienone is 5. The summed E-state index contributed by atoms with van der Waals surface area (Å²) < 4.78 is 23.4. The topological polar surface area (TPSA) is 135 Å². The number of esters is 1. The van der Waals surface area contributed by atoms with Crippen LogP contribution < -0.4 is 0 Å². The highest BCUT2D eigenvalue weighted by atomic mass is 16.6. The summed E-state index contributed by atoms with van der Waals surface area (Å²) in [4.78, 5) is 13.5. The second-order valence-electron chi connectivity index (χ2n) is 13.6. The summed E-state index contributed by atoms with van der Waals surface area (Å²) in [5, 5.41) is 45.0. The number of ether oxygens (including phenoxy) is 4. The summed E-state index contributed by atoms with van der Waals surface area (Å²) in [6, 6.07) is 0. The molecule has 0 bridgehead atoms. The minimum absolute atomic E-state index is 0.00492. The minimum Gasteiger partial charge on any atom is -0.490 e. The Morgan fingerprint density at radius 1 is 1.05 bits per heavy atom. The van der Waals surface area contributed by atoms with Crippen molar-refractivity contribution < 1.29 is 44.2 Å². The molecule has 0 radical (unpaired) electrons. The molecule has 0 saturated carbocycles. The highest BCUT2D eigenvalue weighted by molar-refractivity contribution is 5.87. The Morgan fingerprint density at radius 3 is 2.25 bits per heavy atom. The Hall–Kier alpha value is -2.01. The maximum absolute atomic E-state index is 13.5. The molecule has 2 heterocycles. The van der Waals surface area contributed by atoms with Crippen LogP contribution in [0.15, 0.2) is 47.3 Å². The van der Waals surface area contributed by atoms with Crippen LogP contribution in [0.5, 0.6) is 0 Å². The fourth-order valence-corrected chi connectivity index (χ4v) is 6.54. The highest BCUT2D eigenvalue weighted by Crippen LogP contribution is 2.41. The van der Waals surface area contributed by atoms with E-state index in [0.29, 0.717) is 6.42 Å². The van der Waals surface area contributed by atoms with Gasteiger partial charge in [0.25, 0.3) is 0 Å². The van der Waals surface area contributed by atoms with Gasteiger partial charge in [-0.2, -0.15) is 0 Å². The fraction of sp³-hybridized carbons (Fsp3) is 0.743. The molecule has 0 aromatic heterocycles. The molecule has 2 aliphatic heterocycles. The molecule has 12 atom stereocenters. The lowest BCUT2D eigenvalue weighted by molar-refractivity contribution is -0.328. The molecule has 1 fully saturated rings. The number of carbonyl (C=O) groups excluding carboxylic acids is 1. The second-order valence-corrected chi connectivity index (χ2v) is 13.6. The Morgan fingerprint density at radius 2 is 1.68 bits per heavy atom. The molecule has 44 heavy (non-hydrogen) atoms. The van der Waals surface area contributed by atoms with E-state index in [1.54, 1.807) is 26.0 Å². The molecule has 1 saturated heterocycles. The van der Waals surface area contributed by atoms with Crippen LogP contribution >= 0.6 is 0 Å². The number of aliphatic hydroxyl groups excluding tert-OH is 3. The van der Waals surface area contributed by atoms with Gasteiger partial charge in [-0.3, -0.25) is 0 Å². The van der Waals surface area contributed by atoms with Crippen LogP contribution in [0.3, 0.4) is 0 Å². The van der Waals surface area contributed by atoms with E-state index in [2.05, 4.69) is 0 Å². The highest BCUT2D eigenvalue weighted by Gasteiger charge is 2.51. The fourth-order valence-electron chi connectivity index (χ4n) is 6.54. The first-order valence-electron chi connectivity index (χ1n) is 15.9. The van der Waals surface area contributed by atoms with Crippen LogP contribution in [0.4, 0.5) is 0 Å². The molecular weight excluding hydrogens is 564 g/mol. The summed E-state index contributed by atoms with van der Waals surface area (Å²) in [6.45, 7) is 17.0. The zero-order valence-corrected chi connectivity index (χ0v) is 28.6. The number of hydrogen-bond donors (Lipinski definition) is 4. The first kappa shape index (κ1) is 38.2. The van der Waals surface area contributed by atoms with E-state index in [1.807, 2.05) is 66.7 Å². The lowest BCUT2D eigenvalue weighted by atomic mass is 9.76. The normalized spacial score (nSPS) is 41.2. The van der Waals surface area contributed by atoms with Gasteiger partial charge in [0.1, 0.15) is 12.2 Å². The van der Waals surface area contributed by atoms with Gasteiger partial charge in [0.15, 0.2) is 5.79 Å². The monoisotopic (exact) mass is 622 g/mol. The van der Waals surface area contributed by atoms with E-state index >= 15 is 0 Å². The zero-order chi connectivity index (χ0) is 33.5. The second kappa shape index (κ2) is 16.5. The minimum atomic E-state index is -1.80. The summed E-state index contributed by atoms with van der Waals surface area (Å²) in [6.07, 6.45) is 4.85. The number of methoxy groups -OCH3 is 2. The van der Waals surface area contributed by atoms with Crippen molar-refractivity contribution in [1.82, 2.24) is 0 Å².